The number of carbonyl (C=O) groups excluding carboxylic acids is 2. The number of methoxy groups -OCH3 is 1. The number of ether oxygens (including phenoxy) is 2. The van der Waals surface area contributed by atoms with E-state index in [4.69, 9.17) is 9.47 Å². The number of aliphatic hydroxyl groups excluding tert-OH is 1. The maximum absolute atomic E-state index is 12.9. The number of unbranched alkanes of at least 4 members (excludes halogenated alkanes) is 1. The standard InChI is InChI=1S/C25H29NO5/c1-4-5-14-31-20-12-11-19(16-17(20)2)23(27)21-22(18-9-7-6-8-10-18)26(13-15-30-3)25(29)24(21)28/h6-12,16,22,27H,4-5,13-15H2,1-3H3/b23-21+. The van der Waals surface area contributed by atoms with E-state index in [9.17, 15) is 14.7 Å². The first-order chi connectivity index (χ1) is 15.0. The van der Waals surface area contributed by atoms with Crippen LogP contribution in [0.1, 0.15) is 42.5 Å². The van der Waals surface area contributed by atoms with Gasteiger partial charge in [0, 0.05) is 19.2 Å². The van der Waals surface area contributed by atoms with Crippen molar-refractivity contribution < 1.29 is 24.2 Å². The monoisotopic (exact) mass is 423 g/mol. The molecular weight excluding hydrogens is 394 g/mol. The fourth-order valence-electron chi connectivity index (χ4n) is 3.72. The third-order valence-corrected chi connectivity index (χ3v) is 5.40. The molecule has 1 atom stereocenters. The number of likely N-dealkylation sites (tertiary alicyclic amines) is 1. The van der Waals surface area contributed by atoms with Crippen LogP contribution in [0, 0.1) is 6.92 Å². The molecule has 1 amide bonds. The largest absolute Gasteiger partial charge is 0.507 e. The van der Waals surface area contributed by atoms with Crippen LogP contribution in [0.25, 0.3) is 5.76 Å². The van der Waals surface area contributed by atoms with Crippen molar-refractivity contribution in [3.63, 3.8) is 0 Å². The Morgan fingerprint density at radius 2 is 1.84 bits per heavy atom. The summed E-state index contributed by atoms with van der Waals surface area (Å²) in [5, 5.41) is 11.1. The van der Waals surface area contributed by atoms with E-state index >= 15 is 0 Å². The Morgan fingerprint density at radius 1 is 1.10 bits per heavy atom. The molecule has 0 radical (unpaired) electrons. The number of Topliss-reactive ketones (excluding diaryl/α,β-unsaturated/α-hetero) is 1. The van der Waals surface area contributed by atoms with E-state index in [-0.39, 0.29) is 17.9 Å². The fraction of sp³-hybridized carbons (Fsp3) is 0.360. The van der Waals surface area contributed by atoms with Gasteiger partial charge in [0.1, 0.15) is 11.5 Å². The highest BCUT2D eigenvalue weighted by molar-refractivity contribution is 6.46. The Balaban J connectivity index is 2.03. The zero-order valence-corrected chi connectivity index (χ0v) is 18.3. The van der Waals surface area contributed by atoms with Crippen molar-refractivity contribution in [3.8, 4) is 5.75 Å². The first kappa shape index (κ1) is 22.6. The Morgan fingerprint density at radius 3 is 2.48 bits per heavy atom. The first-order valence-corrected chi connectivity index (χ1v) is 10.6. The molecule has 0 bridgehead atoms. The van der Waals surface area contributed by atoms with E-state index in [1.165, 1.54) is 4.90 Å². The maximum atomic E-state index is 12.9. The van der Waals surface area contributed by atoms with Gasteiger partial charge in [0.2, 0.25) is 0 Å². The second-order valence-electron chi connectivity index (χ2n) is 7.58. The van der Waals surface area contributed by atoms with Crippen LogP contribution >= 0.6 is 0 Å². The molecule has 164 valence electrons. The molecule has 6 nitrogen and oxygen atoms in total. The molecule has 1 saturated heterocycles. The van der Waals surface area contributed by atoms with Crippen LogP contribution in [0.2, 0.25) is 0 Å². The van der Waals surface area contributed by atoms with Crippen molar-refractivity contribution in [2.75, 3.05) is 26.9 Å². The number of hydrogen-bond donors (Lipinski definition) is 1. The number of hydrogen-bond acceptors (Lipinski definition) is 5. The summed E-state index contributed by atoms with van der Waals surface area (Å²) in [5.41, 5.74) is 2.18. The summed E-state index contributed by atoms with van der Waals surface area (Å²) >= 11 is 0. The fourth-order valence-corrected chi connectivity index (χ4v) is 3.72. The number of rotatable bonds is 9. The highest BCUT2D eigenvalue weighted by Crippen LogP contribution is 2.39. The summed E-state index contributed by atoms with van der Waals surface area (Å²) in [4.78, 5) is 27.2. The highest BCUT2D eigenvalue weighted by Gasteiger charge is 2.45. The average Bonchev–Trinajstić information content (AvgIpc) is 3.03. The summed E-state index contributed by atoms with van der Waals surface area (Å²) in [6, 6.07) is 13.9. The summed E-state index contributed by atoms with van der Waals surface area (Å²) in [6.45, 7) is 5.16. The normalized spacial score (nSPS) is 17.9. The van der Waals surface area contributed by atoms with Crippen LogP contribution < -0.4 is 4.74 Å². The van der Waals surface area contributed by atoms with Crippen molar-refractivity contribution in [3.05, 3.63) is 70.8 Å². The maximum Gasteiger partial charge on any atom is 0.295 e. The number of aryl methyl sites for hydroxylation is 1. The van der Waals surface area contributed by atoms with Crippen LogP contribution in [0.4, 0.5) is 0 Å². The molecule has 1 fully saturated rings. The van der Waals surface area contributed by atoms with Crippen molar-refractivity contribution in [1.29, 1.82) is 0 Å². The minimum Gasteiger partial charge on any atom is -0.507 e. The van der Waals surface area contributed by atoms with Crippen LogP contribution in [0.15, 0.2) is 54.1 Å². The summed E-state index contributed by atoms with van der Waals surface area (Å²) in [7, 11) is 1.54. The molecule has 1 aliphatic rings. The van der Waals surface area contributed by atoms with Gasteiger partial charge in [-0.05, 0) is 42.7 Å². The van der Waals surface area contributed by atoms with Gasteiger partial charge in [0.15, 0.2) is 0 Å². The Hall–Kier alpha value is -3.12. The molecule has 6 heteroatoms. The molecule has 0 aromatic heterocycles. The summed E-state index contributed by atoms with van der Waals surface area (Å²) in [5.74, 6) is -0.771. The Kier molecular flexibility index (Phi) is 7.47. The van der Waals surface area contributed by atoms with Gasteiger partial charge in [0.25, 0.3) is 11.7 Å². The molecular formula is C25H29NO5. The van der Waals surface area contributed by atoms with Gasteiger partial charge in [-0.25, -0.2) is 0 Å². The minimum absolute atomic E-state index is 0.0892. The van der Waals surface area contributed by atoms with E-state index in [2.05, 4.69) is 6.92 Å². The second-order valence-corrected chi connectivity index (χ2v) is 7.58. The Bertz CT molecular complexity index is 967. The van der Waals surface area contributed by atoms with Crippen molar-refractivity contribution >= 4 is 17.4 Å². The van der Waals surface area contributed by atoms with E-state index in [0.717, 1.165) is 29.7 Å². The lowest BCUT2D eigenvalue weighted by atomic mass is 9.95. The predicted molar refractivity (Wildman–Crippen MR) is 119 cm³/mol. The molecule has 0 saturated carbocycles. The third kappa shape index (κ3) is 4.80. The number of aliphatic hydroxyl groups is 1. The average molecular weight is 424 g/mol. The molecule has 0 aliphatic carbocycles. The lowest BCUT2D eigenvalue weighted by molar-refractivity contribution is -0.140. The van der Waals surface area contributed by atoms with Crippen LogP contribution in [-0.4, -0.2) is 48.6 Å². The third-order valence-electron chi connectivity index (χ3n) is 5.40. The first-order valence-electron chi connectivity index (χ1n) is 10.6. The minimum atomic E-state index is -0.691. The van der Waals surface area contributed by atoms with E-state index in [1.54, 1.807) is 25.3 Å². The van der Waals surface area contributed by atoms with E-state index in [1.807, 2.05) is 37.3 Å². The van der Waals surface area contributed by atoms with Gasteiger partial charge in [-0.3, -0.25) is 9.59 Å². The molecule has 1 heterocycles. The van der Waals surface area contributed by atoms with Gasteiger partial charge in [-0.2, -0.15) is 0 Å². The SMILES string of the molecule is CCCCOc1ccc(/C(O)=C2\C(=O)C(=O)N(CCOC)C2c2ccccc2)cc1C. The molecule has 31 heavy (non-hydrogen) atoms. The molecule has 1 aliphatic heterocycles. The van der Waals surface area contributed by atoms with Crippen molar-refractivity contribution in [2.45, 2.75) is 32.7 Å². The van der Waals surface area contributed by atoms with Crippen molar-refractivity contribution in [1.82, 2.24) is 4.90 Å². The number of carbonyl (C=O) groups is 2. The van der Waals surface area contributed by atoms with E-state index < -0.39 is 17.7 Å². The molecule has 0 spiro atoms. The summed E-state index contributed by atoms with van der Waals surface area (Å²) in [6.07, 6.45) is 2.00. The van der Waals surface area contributed by atoms with Gasteiger partial charge in [-0.1, -0.05) is 43.7 Å². The van der Waals surface area contributed by atoms with Crippen LogP contribution in [0.5, 0.6) is 5.75 Å². The molecule has 1 N–H and O–H groups in total. The highest BCUT2D eigenvalue weighted by atomic mass is 16.5. The summed E-state index contributed by atoms with van der Waals surface area (Å²) < 4.78 is 10.9. The zero-order chi connectivity index (χ0) is 22.4. The lowest BCUT2D eigenvalue weighted by Gasteiger charge is -2.25. The molecule has 2 aromatic carbocycles. The molecule has 3 rings (SSSR count). The van der Waals surface area contributed by atoms with Crippen LogP contribution in [0.3, 0.4) is 0 Å². The number of ketones is 1. The van der Waals surface area contributed by atoms with E-state index in [0.29, 0.717) is 18.8 Å². The van der Waals surface area contributed by atoms with Gasteiger partial charge >= 0.3 is 0 Å². The topological polar surface area (TPSA) is 76.1 Å². The lowest BCUT2D eigenvalue weighted by Crippen LogP contribution is -2.32. The smallest absolute Gasteiger partial charge is 0.295 e. The van der Waals surface area contributed by atoms with Gasteiger partial charge in [-0.15, -0.1) is 0 Å². The second kappa shape index (κ2) is 10.3. The zero-order valence-electron chi connectivity index (χ0n) is 18.3. The number of benzene rings is 2. The number of amides is 1. The molecule has 1 unspecified atom stereocenters. The van der Waals surface area contributed by atoms with Crippen molar-refractivity contribution in [2.24, 2.45) is 0 Å². The van der Waals surface area contributed by atoms with Crippen LogP contribution in [-0.2, 0) is 14.3 Å². The van der Waals surface area contributed by atoms with Gasteiger partial charge < -0.3 is 19.5 Å². The Labute approximate surface area is 183 Å². The van der Waals surface area contributed by atoms with Gasteiger partial charge in [0.05, 0.1) is 24.8 Å². The quantitative estimate of drug-likeness (QED) is 0.283. The molecule has 2 aromatic rings. The number of nitrogens with zero attached hydrogens (tertiary/aromatic N) is 1. The predicted octanol–water partition coefficient (Wildman–Crippen LogP) is 4.24.